The van der Waals surface area contributed by atoms with Crippen LogP contribution in [0.25, 0.3) is 0 Å². The molecule has 2 amide bonds. The molecular formula is C28H39FN4O4. The highest BCUT2D eigenvalue weighted by molar-refractivity contribution is 5.96. The topological polar surface area (TPSA) is 91.9 Å². The Labute approximate surface area is 218 Å². The Morgan fingerprint density at radius 3 is 2.51 bits per heavy atom. The number of nitrogens with one attached hydrogen (secondary N) is 3. The van der Waals surface area contributed by atoms with E-state index in [4.69, 9.17) is 9.47 Å². The fraction of sp³-hybridized carbons (Fsp3) is 0.500. The summed E-state index contributed by atoms with van der Waals surface area (Å²) in [4.78, 5) is 27.0. The summed E-state index contributed by atoms with van der Waals surface area (Å²) in [6, 6.07) is 10.5. The molecule has 0 heterocycles. The zero-order valence-corrected chi connectivity index (χ0v) is 22.4. The number of hydrogen-bond acceptors (Lipinski definition) is 6. The van der Waals surface area contributed by atoms with Gasteiger partial charge in [0.1, 0.15) is 5.60 Å². The summed E-state index contributed by atoms with van der Waals surface area (Å²) in [5, 5.41) is 9.09. The number of methoxy groups -OCH3 is 1. The van der Waals surface area contributed by atoms with E-state index in [1.165, 1.54) is 13.2 Å². The highest BCUT2D eigenvalue weighted by Crippen LogP contribution is 2.28. The average molecular weight is 515 g/mol. The fourth-order valence-electron chi connectivity index (χ4n) is 3.75. The van der Waals surface area contributed by atoms with Crippen molar-refractivity contribution in [2.24, 2.45) is 5.92 Å². The Balaban J connectivity index is 1.63. The molecule has 0 saturated heterocycles. The van der Waals surface area contributed by atoms with Gasteiger partial charge in [-0.3, -0.25) is 4.79 Å². The largest absolute Gasteiger partial charge is 0.494 e. The second-order valence-corrected chi connectivity index (χ2v) is 10.5. The molecule has 2 aromatic carbocycles. The number of carbonyl (C=O) groups excluding carboxylic acids is 2. The summed E-state index contributed by atoms with van der Waals surface area (Å²) in [6.07, 6.45) is 1.86. The summed E-state index contributed by atoms with van der Waals surface area (Å²) in [5.41, 5.74) is 2.47. The van der Waals surface area contributed by atoms with Gasteiger partial charge in [-0.2, -0.15) is 0 Å². The molecule has 0 unspecified atom stereocenters. The van der Waals surface area contributed by atoms with Crippen molar-refractivity contribution in [2.75, 3.05) is 39.1 Å². The van der Waals surface area contributed by atoms with E-state index in [2.05, 4.69) is 16.0 Å². The number of amides is 2. The number of nitrogens with zero attached hydrogens (tertiary/aromatic N) is 1. The van der Waals surface area contributed by atoms with Crippen LogP contribution >= 0.6 is 0 Å². The minimum absolute atomic E-state index is 0.110. The number of anilines is 1. The van der Waals surface area contributed by atoms with Gasteiger partial charge < -0.3 is 30.3 Å². The number of ether oxygens (including phenoxy) is 2. The molecule has 37 heavy (non-hydrogen) atoms. The second kappa shape index (κ2) is 12.8. The molecule has 1 fully saturated rings. The molecule has 0 bridgehead atoms. The molecule has 1 aliphatic rings. The van der Waals surface area contributed by atoms with Crippen molar-refractivity contribution in [3.63, 3.8) is 0 Å². The number of likely N-dealkylation sites (N-methyl/N-ethyl adjacent to an activating group) is 1. The minimum Gasteiger partial charge on any atom is -0.494 e. The monoisotopic (exact) mass is 514 g/mol. The molecule has 0 atom stereocenters. The van der Waals surface area contributed by atoms with E-state index in [0.29, 0.717) is 44.2 Å². The number of halogens is 1. The Morgan fingerprint density at radius 1 is 1.11 bits per heavy atom. The van der Waals surface area contributed by atoms with Crippen molar-refractivity contribution in [3.8, 4) is 5.75 Å². The molecule has 0 aliphatic heterocycles. The Morgan fingerprint density at radius 2 is 1.86 bits per heavy atom. The van der Waals surface area contributed by atoms with Crippen LogP contribution in [0.2, 0.25) is 0 Å². The molecule has 0 spiro atoms. The third kappa shape index (κ3) is 9.57. The van der Waals surface area contributed by atoms with Gasteiger partial charge >= 0.3 is 6.09 Å². The SMILES string of the molecule is COc1ccc(CNc2ccc(CN(C)CCNC(=O)OC(C)(C)C)c(C(=O)NCC3CC3)c2)cc1F. The maximum absolute atomic E-state index is 14.0. The summed E-state index contributed by atoms with van der Waals surface area (Å²) in [6.45, 7) is 8.09. The quantitative estimate of drug-likeness (QED) is 0.385. The number of carbonyl (C=O) groups is 2. The van der Waals surface area contributed by atoms with Crippen LogP contribution in [0, 0.1) is 11.7 Å². The van der Waals surface area contributed by atoms with Crippen LogP contribution in [0.4, 0.5) is 14.9 Å². The van der Waals surface area contributed by atoms with Crippen LogP contribution in [0.5, 0.6) is 5.75 Å². The molecule has 1 aliphatic carbocycles. The summed E-state index contributed by atoms with van der Waals surface area (Å²) >= 11 is 0. The van der Waals surface area contributed by atoms with E-state index in [0.717, 1.165) is 29.7 Å². The third-order valence-electron chi connectivity index (χ3n) is 5.92. The van der Waals surface area contributed by atoms with Gasteiger partial charge in [0, 0.05) is 44.0 Å². The van der Waals surface area contributed by atoms with Gasteiger partial charge in [-0.05, 0) is 82.0 Å². The first-order chi connectivity index (χ1) is 17.5. The standard InChI is InChI=1S/C28H39FN4O4/c1-28(2,3)37-27(35)30-12-13-33(4)18-21-9-10-22(15-23(21)26(34)32-16-19-6-7-19)31-17-20-8-11-25(36-5)24(29)14-20/h8-11,14-15,19,31H,6-7,12-13,16-18H2,1-5H3,(H,30,35)(H,32,34). The first-order valence-electron chi connectivity index (χ1n) is 12.7. The molecule has 0 radical (unpaired) electrons. The minimum atomic E-state index is -0.546. The number of rotatable bonds is 12. The van der Waals surface area contributed by atoms with E-state index < -0.39 is 17.5 Å². The van der Waals surface area contributed by atoms with E-state index in [-0.39, 0.29) is 11.7 Å². The summed E-state index contributed by atoms with van der Waals surface area (Å²) < 4.78 is 24.3. The number of hydrogen-bond donors (Lipinski definition) is 3. The van der Waals surface area contributed by atoms with E-state index >= 15 is 0 Å². The van der Waals surface area contributed by atoms with Crippen LogP contribution in [0.1, 0.15) is 55.1 Å². The van der Waals surface area contributed by atoms with Crippen LogP contribution in [-0.4, -0.2) is 56.3 Å². The van der Waals surface area contributed by atoms with Gasteiger partial charge in [-0.15, -0.1) is 0 Å². The van der Waals surface area contributed by atoms with E-state index in [9.17, 15) is 14.0 Å². The lowest BCUT2D eigenvalue weighted by Gasteiger charge is -2.22. The number of benzene rings is 2. The lowest BCUT2D eigenvalue weighted by atomic mass is 10.0. The maximum atomic E-state index is 14.0. The summed E-state index contributed by atoms with van der Waals surface area (Å²) in [5.74, 6) is 0.247. The smallest absolute Gasteiger partial charge is 0.407 e. The molecule has 9 heteroatoms. The zero-order chi connectivity index (χ0) is 27.0. The van der Waals surface area contributed by atoms with Crippen molar-refractivity contribution in [3.05, 3.63) is 58.9 Å². The van der Waals surface area contributed by atoms with Gasteiger partial charge in [0.25, 0.3) is 5.91 Å². The van der Waals surface area contributed by atoms with Gasteiger partial charge in [0.2, 0.25) is 0 Å². The molecule has 202 valence electrons. The van der Waals surface area contributed by atoms with Gasteiger partial charge in [-0.1, -0.05) is 12.1 Å². The fourth-order valence-corrected chi connectivity index (χ4v) is 3.75. The molecule has 2 aromatic rings. The normalized spacial score (nSPS) is 13.3. The molecule has 3 rings (SSSR count). The van der Waals surface area contributed by atoms with Gasteiger partial charge in [0.05, 0.1) is 7.11 Å². The van der Waals surface area contributed by atoms with Crippen LogP contribution in [-0.2, 0) is 17.8 Å². The Kier molecular flexibility index (Phi) is 9.74. The average Bonchev–Trinajstić information content (AvgIpc) is 3.65. The molecule has 0 aromatic heterocycles. The molecule has 8 nitrogen and oxygen atoms in total. The molecule has 1 saturated carbocycles. The predicted molar refractivity (Wildman–Crippen MR) is 142 cm³/mol. The maximum Gasteiger partial charge on any atom is 0.407 e. The van der Waals surface area contributed by atoms with Crippen molar-refractivity contribution in [1.82, 2.24) is 15.5 Å². The van der Waals surface area contributed by atoms with Crippen LogP contribution in [0.15, 0.2) is 36.4 Å². The molecule has 3 N–H and O–H groups in total. The van der Waals surface area contributed by atoms with Crippen LogP contribution < -0.4 is 20.7 Å². The number of alkyl carbamates (subject to hydrolysis) is 1. The lowest BCUT2D eigenvalue weighted by molar-refractivity contribution is 0.0523. The van der Waals surface area contributed by atoms with E-state index in [1.807, 2.05) is 50.9 Å². The van der Waals surface area contributed by atoms with Gasteiger partial charge in [0.15, 0.2) is 11.6 Å². The molecular weight excluding hydrogens is 475 g/mol. The zero-order valence-electron chi connectivity index (χ0n) is 22.4. The highest BCUT2D eigenvalue weighted by Gasteiger charge is 2.23. The predicted octanol–water partition coefficient (Wildman–Crippen LogP) is 4.54. The first-order valence-corrected chi connectivity index (χ1v) is 12.7. The Bertz CT molecular complexity index is 1080. The van der Waals surface area contributed by atoms with Crippen molar-refractivity contribution in [2.45, 2.75) is 52.3 Å². The first kappa shape index (κ1) is 28.2. The van der Waals surface area contributed by atoms with Crippen molar-refractivity contribution < 1.29 is 23.5 Å². The van der Waals surface area contributed by atoms with Gasteiger partial charge in [-0.25, -0.2) is 9.18 Å². The lowest BCUT2D eigenvalue weighted by Crippen LogP contribution is -2.37. The van der Waals surface area contributed by atoms with Crippen molar-refractivity contribution in [1.29, 1.82) is 0 Å². The van der Waals surface area contributed by atoms with Crippen molar-refractivity contribution >= 4 is 17.7 Å². The summed E-state index contributed by atoms with van der Waals surface area (Å²) in [7, 11) is 3.37. The Hall–Kier alpha value is -3.33. The second-order valence-electron chi connectivity index (χ2n) is 10.5. The van der Waals surface area contributed by atoms with Crippen LogP contribution in [0.3, 0.4) is 0 Å². The highest BCUT2D eigenvalue weighted by atomic mass is 19.1. The van der Waals surface area contributed by atoms with E-state index in [1.54, 1.807) is 12.1 Å². The third-order valence-corrected chi connectivity index (χ3v) is 5.92.